The topological polar surface area (TPSA) is 72.6 Å². The first kappa shape index (κ1) is 27.0. The molecule has 7 nitrogen and oxygen atoms in total. The number of para-hydroxylation sites is 1. The second-order valence-electron chi connectivity index (χ2n) is 9.30. The third-order valence-electron chi connectivity index (χ3n) is 6.88. The fourth-order valence-corrected chi connectivity index (χ4v) is 6.16. The van der Waals surface area contributed by atoms with Gasteiger partial charge in [0.2, 0.25) is 0 Å². The quantitative estimate of drug-likeness (QED) is 0.356. The number of thioether (sulfide) groups is 1. The van der Waals surface area contributed by atoms with Crippen LogP contribution in [0.5, 0.6) is 0 Å². The number of anilines is 2. The van der Waals surface area contributed by atoms with E-state index < -0.39 is 0 Å². The van der Waals surface area contributed by atoms with E-state index >= 15 is 0 Å². The van der Waals surface area contributed by atoms with Gasteiger partial charge < -0.3 is 9.80 Å². The van der Waals surface area contributed by atoms with E-state index in [2.05, 4.69) is 34.9 Å². The van der Waals surface area contributed by atoms with E-state index in [4.69, 9.17) is 12.2 Å². The zero-order chi connectivity index (χ0) is 26.5. The number of piperazine rings is 1. The maximum Gasteiger partial charge on any atom is 0.270 e. The summed E-state index contributed by atoms with van der Waals surface area (Å²) >= 11 is 6.77. The lowest BCUT2D eigenvalue weighted by Gasteiger charge is -2.39. The number of rotatable bonds is 8. The van der Waals surface area contributed by atoms with Gasteiger partial charge in [0, 0.05) is 50.5 Å². The fraction of sp³-hybridized carbons (Fsp3) is 0.429. The molecule has 9 heteroatoms. The summed E-state index contributed by atoms with van der Waals surface area (Å²) in [5, 5.41) is 9.90. The summed E-state index contributed by atoms with van der Waals surface area (Å²) in [5.74, 6) is 0.685. The van der Waals surface area contributed by atoms with Crippen molar-refractivity contribution in [2.24, 2.45) is 0 Å². The van der Waals surface area contributed by atoms with Crippen molar-refractivity contribution in [1.29, 1.82) is 5.26 Å². The molecule has 194 valence electrons. The van der Waals surface area contributed by atoms with Gasteiger partial charge in [-0.1, -0.05) is 62.4 Å². The molecule has 3 heterocycles. The number of hydrogen-bond donors (Lipinski definition) is 0. The van der Waals surface area contributed by atoms with E-state index in [-0.39, 0.29) is 17.0 Å². The van der Waals surface area contributed by atoms with Crippen LogP contribution >= 0.6 is 24.0 Å². The van der Waals surface area contributed by atoms with Crippen LogP contribution in [-0.4, -0.2) is 52.4 Å². The molecule has 4 rings (SSSR count). The highest BCUT2D eigenvalue weighted by Crippen LogP contribution is 2.36. The van der Waals surface area contributed by atoms with Gasteiger partial charge in [-0.25, -0.2) is 0 Å². The largest absolute Gasteiger partial charge is 0.368 e. The number of hydrogen-bond acceptors (Lipinski definition) is 7. The Balaban J connectivity index is 1.80. The summed E-state index contributed by atoms with van der Waals surface area (Å²) in [6.45, 7) is 10.1. The number of nitriles is 1. The average Bonchev–Trinajstić information content (AvgIpc) is 3.18. The number of benzene rings is 1. The van der Waals surface area contributed by atoms with Crippen LogP contribution in [0.3, 0.4) is 0 Å². The van der Waals surface area contributed by atoms with Gasteiger partial charge in [0.05, 0.1) is 4.91 Å². The summed E-state index contributed by atoms with van der Waals surface area (Å²) < 4.78 is 2.31. The maximum atomic E-state index is 13.5. The van der Waals surface area contributed by atoms with Crippen molar-refractivity contribution in [2.75, 3.05) is 42.5 Å². The molecule has 0 radical (unpaired) electrons. The van der Waals surface area contributed by atoms with Crippen LogP contribution in [0.2, 0.25) is 0 Å². The predicted octanol–water partition coefficient (Wildman–Crippen LogP) is 4.77. The van der Waals surface area contributed by atoms with Crippen LogP contribution in [0.1, 0.15) is 49.8 Å². The Morgan fingerprint density at radius 1 is 1.03 bits per heavy atom. The Hall–Kier alpha value is -3.09. The van der Waals surface area contributed by atoms with Crippen molar-refractivity contribution >= 4 is 51.8 Å². The molecular weight excluding hydrogens is 502 g/mol. The zero-order valence-corrected chi connectivity index (χ0v) is 23.3. The van der Waals surface area contributed by atoms with Crippen LogP contribution in [0.15, 0.2) is 40.0 Å². The molecule has 0 N–H and O–H groups in total. The molecule has 1 aromatic carbocycles. The van der Waals surface area contributed by atoms with E-state index in [0.29, 0.717) is 27.9 Å². The molecule has 2 aliphatic rings. The number of unbranched alkanes of at least 4 members (excludes halogenated alkanes) is 1. The smallest absolute Gasteiger partial charge is 0.270 e. The lowest BCUT2D eigenvalue weighted by atomic mass is 10.0. The predicted molar refractivity (Wildman–Crippen MR) is 156 cm³/mol. The second-order valence-corrected chi connectivity index (χ2v) is 11.0. The zero-order valence-electron chi connectivity index (χ0n) is 21.7. The number of thiocarbonyl (C=S) groups is 1. The molecule has 0 atom stereocenters. The molecule has 2 saturated heterocycles. The summed E-state index contributed by atoms with van der Waals surface area (Å²) in [6, 6.07) is 12.5. The summed E-state index contributed by atoms with van der Waals surface area (Å²) in [4.78, 5) is 33.4. The lowest BCUT2D eigenvalue weighted by Crippen LogP contribution is -2.48. The number of amides is 1. The Bertz CT molecular complexity index is 1300. The van der Waals surface area contributed by atoms with Crippen LogP contribution < -0.4 is 15.4 Å². The third kappa shape index (κ3) is 5.46. The third-order valence-corrected chi connectivity index (χ3v) is 8.26. The van der Waals surface area contributed by atoms with E-state index in [1.807, 2.05) is 38.1 Å². The molecule has 1 amide bonds. The standard InChI is InChI=1S/C28H33N5O2S2/c1-4-6-13-32-25(31-16-14-30(15-17-31)21-10-8-7-9-11-21)22(20(3)23(19-29)26(32)34)18-24-27(35)33(12-5-2)28(36)37-24/h7-11,18H,4-6,12-17H2,1-3H3/b24-18-. The highest BCUT2D eigenvalue weighted by Gasteiger charge is 2.33. The van der Waals surface area contributed by atoms with Gasteiger partial charge in [-0.05, 0) is 43.5 Å². The highest BCUT2D eigenvalue weighted by atomic mass is 32.2. The molecule has 0 saturated carbocycles. The van der Waals surface area contributed by atoms with Crippen molar-refractivity contribution < 1.29 is 4.79 Å². The van der Waals surface area contributed by atoms with Crippen molar-refractivity contribution in [1.82, 2.24) is 9.47 Å². The molecule has 0 unspecified atom stereocenters. The van der Waals surface area contributed by atoms with Crippen molar-refractivity contribution in [3.63, 3.8) is 0 Å². The van der Waals surface area contributed by atoms with Crippen molar-refractivity contribution in [2.45, 2.75) is 46.6 Å². The summed E-state index contributed by atoms with van der Waals surface area (Å²) in [6.07, 6.45) is 4.42. The van der Waals surface area contributed by atoms with Gasteiger partial charge in [0.15, 0.2) is 0 Å². The Labute approximate surface area is 228 Å². The van der Waals surface area contributed by atoms with Gasteiger partial charge in [-0.2, -0.15) is 5.26 Å². The van der Waals surface area contributed by atoms with E-state index in [1.54, 1.807) is 9.47 Å². The minimum absolute atomic E-state index is 0.110. The summed E-state index contributed by atoms with van der Waals surface area (Å²) in [7, 11) is 0. The SMILES string of the molecule is CCCCn1c(N2CCN(c3ccccc3)CC2)c(/C=C2\SC(=S)N(CCC)C2=O)c(C)c(C#N)c1=O. The van der Waals surface area contributed by atoms with E-state index in [1.165, 1.54) is 17.4 Å². The molecular formula is C28H33N5O2S2. The molecule has 0 bridgehead atoms. The number of aromatic nitrogens is 1. The Morgan fingerprint density at radius 3 is 2.32 bits per heavy atom. The van der Waals surface area contributed by atoms with Gasteiger partial charge in [0.25, 0.3) is 11.5 Å². The van der Waals surface area contributed by atoms with E-state index in [0.717, 1.165) is 56.8 Å². The van der Waals surface area contributed by atoms with Crippen molar-refractivity contribution in [3.8, 4) is 6.07 Å². The first-order valence-corrected chi connectivity index (χ1v) is 14.1. The van der Waals surface area contributed by atoms with Crippen LogP contribution in [-0.2, 0) is 11.3 Å². The first-order chi connectivity index (χ1) is 17.9. The molecule has 2 fully saturated rings. The van der Waals surface area contributed by atoms with Crippen LogP contribution in [0, 0.1) is 18.3 Å². The molecule has 2 aliphatic heterocycles. The van der Waals surface area contributed by atoms with Crippen LogP contribution in [0.25, 0.3) is 6.08 Å². The molecule has 37 heavy (non-hydrogen) atoms. The van der Waals surface area contributed by atoms with Gasteiger partial charge in [-0.3, -0.25) is 19.1 Å². The molecule has 1 aromatic heterocycles. The van der Waals surface area contributed by atoms with E-state index in [9.17, 15) is 14.9 Å². The molecule has 0 aliphatic carbocycles. The minimum Gasteiger partial charge on any atom is -0.368 e. The normalized spacial score (nSPS) is 17.1. The number of carbonyl (C=O) groups excluding carboxylic acids is 1. The Kier molecular flexibility index (Phi) is 8.72. The lowest BCUT2D eigenvalue weighted by molar-refractivity contribution is -0.122. The van der Waals surface area contributed by atoms with Gasteiger partial charge in [0.1, 0.15) is 21.8 Å². The highest BCUT2D eigenvalue weighted by molar-refractivity contribution is 8.26. The monoisotopic (exact) mass is 535 g/mol. The van der Waals surface area contributed by atoms with Crippen LogP contribution in [0.4, 0.5) is 11.5 Å². The minimum atomic E-state index is -0.260. The second kappa shape index (κ2) is 12.0. The summed E-state index contributed by atoms with van der Waals surface area (Å²) in [5.41, 5.74) is 2.43. The van der Waals surface area contributed by atoms with Gasteiger partial charge in [-0.15, -0.1) is 0 Å². The van der Waals surface area contributed by atoms with Crippen molar-refractivity contribution in [3.05, 3.63) is 62.3 Å². The molecule has 0 spiro atoms. The number of carbonyl (C=O) groups is 1. The average molecular weight is 536 g/mol. The maximum absolute atomic E-state index is 13.5. The number of nitrogens with zero attached hydrogens (tertiary/aromatic N) is 5. The first-order valence-electron chi connectivity index (χ1n) is 12.9. The Morgan fingerprint density at radius 2 is 1.70 bits per heavy atom. The fourth-order valence-electron chi connectivity index (χ4n) is 4.87. The molecule has 2 aromatic rings. The van der Waals surface area contributed by atoms with Gasteiger partial charge >= 0.3 is 0 Å². The number of pyridine rings is 1.